The van der Waals surface area contributed by atoms with E-state index < -0.39 is 23.3 Å². The van der Waals surface area contributed by atoms with Gasteiger partial charge in [-0.2, -0.15) is 0 Å². The van der Waals surface area contributed by atoms with Crippen molar-refractivity contribution in [3.05, 3.63) is 76.5 Å². The van der Waals surface area contributed by atoms with Gasteiger partial charge in [0.25, 0.3) is 0 Å². The minimum Gasteiger partial charge on any atom is -0.372 e. The van der Waals surface area contributed by atoms with Crippen LogP contribution in [0.5, 0.6) is 0 Å². The Hall–Kier alpha value is -3.87. The molecule has 2 heterocycles. The third-order valence-electron chi connectivity index (χ3n) is 7.51. The van der Waals surface area contributed by atoms with Gasteiger partial charge in [0.1, 0.15) is 11.5 Å². The van der Waals surface area contributed by atoms with Crippen LogP contribution in [-0.4, -0.2) is 35.7 Å². The van der Waals surface area contributed by atoms with Crippen molar-refractivity contribution in [2.45, 2.75) is 46.7 Å². The van der Waals surface area contributed by atoms with Gasteiger partial charge in [0, 0.05) is 59.3 Å². The molecule has 4 N–H and O–H groups in total. The maximum atomic E-state index is 13.2. The molecule has 0 fully saturated rings. The van der Waals surface area contributed by atoms with Crippen LogP contribution in [0.3, 0.4) is 0 Å². The van der Waals surface area contributed by atoms with E-state index >= 15 is 0 Å². The van der Waals surface area contributed by atoms with Gasteiger partial charge in [-0.15, -0.1) is 0 Å². The Balaban J connectivity index is 2.15. The van der Waals surface area contributed by atoms with E-state index in [1.807, 2.05) is 38.1 Å². The zero-order valence-corrected chi connectivity index (χ0v) is 21.7. The number of anilines is 1. The number of amides is 2. The summed E-state index contributed by atoms with van der Waals surface area (Å²) in [5.41, 5.74) is 16.5. The predicted molar refractivity (Wildman–Crippen MR) is 146 cm³/mol. The summed E-state index contributed by atoms with van der Waals surface area (Å²) in [6, 6.07) is 14.3. The number of aryl methyl sites for hydroxylation is 2. The quantitative estimate of drug-likeness (QED) is 0.504. The molecule has 2 unspecified atom stereocenters. The highest BCUT2D eigenvalue weighted by molar-refractivity contribution is 6.05. The summed E-state index contributed by atoms with van der Waals surface area (Å²) < 4.78 is 2.21. The number of aliphatic imine (C=N–C) groups is 1. The number of rotatable bonds is 8. The molecule has 7 nitrogen and oxygen atoms in total. The van der Waals surface area contributed by atoms with Gasteiger partial charge in [-0.05, 0) is 70.0 Å². The smallest absolute Gasteiger partial charge is 0.245 e. The lowest BCUT2D eigenvalue weighted by atomic mass is 9.66. The van der Waals surface area contributed by atoms with Crippen molar-refractivity contribution < 1.29 is 9.59 Å². The van der Waals surface area contributed by atoms with Crippen molar-refractivity contribution >= 4 is 34.6 Å². The Morgan fingerprint density at radius 3 is 2.33 bits per heavy atom. The van der Waals surface area contributed by atoms with E-state index in [0.29, 0.717) is 0 Å². The number of hydrogen-bond donors (Lipinski definition) is 2. The molecule has 2 atom stereocenters. The van der Waals surface area contributed by atoms with Crippen molar-refractivity contribution in [3.8, 4) is 0 Å². The second-order valence-electron chi connectivity index (χ2n) is 9.26. The lowest BCUT2D eigenvalue weighted by molar-refractivity contribution is -0.125. The molecule has 4 rings (SSSR count). The maximum Gasteiger partial charge on any atom is 0.245 e. The molecule has 1 aliphatic rings. The summed E-state index contributed by atoms with van der Waals surface area (Å²) in [5.74, 6) is -2.38. The fraction of sp³-hybridized carbons (Fsp3) is 0.345. The topological polar surface area (TPSA) is 107 Å². The number of dihydropyridines is 1. The van der Waals surface area contributed by atoms with Crippen LogP contribution in [0.2, 0.25) is 0 Å². The summed E-state index contributed by atoms with van der Waals surface area (Å²) in [5, 5.41) is 0.971. The number of carbonyl (C=O) groups excluding carboxylic acids is 2. The van der Waals surface area contributed by atoms with E-state index in [-0.39, 0.29) is 5.57 Å². The zero-order chi connectivity index (χ0) is 26.2. The lowest BCUT2D eigenvalue weighted by Crippen LogP contribution is -2.48. The van der Waals surface area contributed by atoms with E-state index in [2.05, 4.69) is 48.4 Å². The number of benzene rings is 2. The van der Waals surface area contributed by atoms with Gasteiger partial charge < -0.3 is 20.9 Å². The Morgan fingerprint density at radius 1 is 1.06 bits per heavy atom. The zero-order valence-electron chi connectivity index (χ0n) is 21.7. The SMILES string of the molecule is CCN(CC)c1ccc(C2(c3c(C)n(CC)c4ccccc34)N=CC=C(C(N)=O)C2C(N)=O)c(C)c1. The Kier molecular flexibility index (Phi) is 6.76. The molecule has 3 aromatic rings. The van der Waals surface area contributed by atoms with Crippen molar-refractivity contribution in [3.63, 3.8) is 0 Å². The maximum absolute atomic E-state index is 13.2. The molecule has 1 aliphatic heterocycles. The highest BCUT2D eigenvalue weighted by Gasteiger charge is 2.52. The van der Waals surface area contributed by atoms with Crippen LogP contribution in [0.1, 0.15) is 43.2 Å². The third-order valence-corrected chi connectivity index (χ3v) is 7.51. The average Bonchev–Trinajstić information content (AvgIpc) is 3.15. The largest absolute Gasteiger partial charge is 0.372 e. The minimum absolute atomic E-state index is 0.164. The van der Waals surface area contributed by atoms with E-state index in [4.69, 9.17) is 16.5 Å². The van der Waals surface area contributed by atoms with Gasteiger partial charge in [0.05, 0.1) is 0 Å². The Morgan fingerprint density at radius 2 is 1.75 bits per heavy atom. The summed E-state index contributed by atoms with van der Waals surface area (Å²) >= 11 is 0. The molecule has 0 bridgehead atoms. The predicted octanol–water partition coefficient (Wildman–Crippen LogP) is 3.97. The molecule has 0 saturated carbocycles. The number of para-hydroxylation sites is 1. The molecule has 0 aliphatic carbocycles. The number of allylic oxidation sites excluding steroid dienone is 1. The van der Waals surface area contributed by atoms with Crippen LogP contribution in [0.15, 0.2) is 59.1 Å². The molecule has 2 amide bonds. The second kappa shape index (κ2) is 9.64. The van der Waals surface area contributed by atoms with Crippen LogP contribution in [0, 0.1) is 19.8 Å². The Bertz CT molecular complexity index is 1400. The molecular formula is C29H35N5O2. The highest BCUT2D eigenvalue weighted by atomic mass is 16.2. The third kappa shape index (κ3) is 3.70. The fourth-order valence-electron chi connectivity index (χ4n) is 5.96. The molecule has 0 radical (unpaired) electrons. The number of carbonyl (C=O) groups is 2. The number of nitrogens with two attached hydrogens (primary N) is 2. The Labute approximate surface area is 212 Å². The van der Waals surface area contributed by atoms with E-state index in [1.54, 1.807) is 6.21 Å². The minimum atomic E-state index is -1.25. The van der Waals surface area contributed by atoms with E-state index in [0.717, 1.165) is 58.6 Å². The average molecular weight is 486 g/mol. The normalized spacial score (nSPS) is 19.4. The number of nitrogens with zero attached hydrogens (tertiary/aromatic N) is 3. The summed E-state index contributed by atoms with van der Waals surface area (Å²) in [4.78, 5) is 33.1. The molecule has 1 aromatic heterocycles. The summed E-state index contributed by atoms with van der Waals surface area (Å²) in [6.07, 6.45) is 3.11. The molecular weight excluding hydrogens is 450 g/mol. The fourth-order valence-corrected chi connectivity index (χ4v) is 5.96. The first-order valence-electron chi connectivity index (χ1n) is 12.5. The van der Waals surface area contributed by atoms with Crippen LogP contribution >= 0.6 is 0 Å². The van der Waals surface area contributed by atoms with Crippen LogP contribution < -0.4 is 16.4 Å². The molecule has 2 aromatic carbocycles. The molecule has 0 spiro atoms. The first-order chi connectivity index (χ1) is 17.2. The number of fused-ring (bicyclic) bond motifs is 1. The van der Waals surface area contributed by atoms with Gasteiger partial charge in [0.2, 0.25) is 11.8 Å². The van der Waals surface area contributed by atoms with Gasteiger partial charge >= 0.3 is 0 Å². The number of aromatic nitrogens is 1. The number of primary amides is 2. The van der Waals surface area contributed by atoms with Crippen LogP contribution in [-0.2, 0) is 21.7 Å². The van der Waals surface area contributed by atoms with Crippen molar-refractivity contribution in [1.82, 2.24) is 4.57 Å². The number of hydrogen-bond acceptors (Lipinski definition) is 4. The molecule has 188 valence electrons. The molecule has 36 heavy (non-hydrogen) atoms. The summed E-state index contributed by atoms with van der Waals surface area (Å²) in [6.45, 7) is 12.9. The van der Waals surface area contributed by atoms with Gasteiger partial charge in [-0.1, -0.05) is 24.3 Å². The standard InChI is InChI=1S/C29H35N5O2/c1-6-33(7-2)20-13-14-23(18(4)17-20)29(26(28(31)36)22(27(30)35)15-16-32-29)25-19(5)34(8-3)24-12-10-9-11-21(24)25/h9-17,26H,6-8H2,1-5H3,(H2,30,35)(H2,31,36). The van der Waals surface area contributed by atoms with Gasteiger partial charge in [-0.3, -0.25) is 14.6 Å². The second-order valence-corrected chi connectivity index (χ2v) is 9.26. The molecule has 0 saturated heterocycles. The van der Waals surface area contributed by atoms with E-state index in [9.17, 15) is 9.59 Å². The van der Waals surface area contributed by atoms with Crippen LogP contribution in [0.25, 0.3) is 10.9 Å². The molecule has 7 heteroatoms. The first-order valence-corrected chi connectivity index (χ1v) is 12.5. The van der Waals surface area contributed by atoms with Crippen LogP contribution in [0.4, 0.5) is 5.69 Å². The highest BCUT2D eigenvalue weighted by Crippen LogP contribution is 2.51. The van der Waals surface area contributed by atoms with Crippen molar-refractivity contribution in [2.24, 2.45) is 22.4 Å². The van der Waals surface area contributed by atoms with Gasteiger partial charge in [0.15, 0.2) is 0 Å². The van der Waals surface area contributed by atoms with Crippen molar-refractivity contribution in [1.29, 1.82) is 0 Å². The summed E-state index contributed by atoms with van der Waals surface area (Å²) in [7, 11) is 0. The van der Waals surface area contributed by atoms with E-state index in [1.165, 1.54) is 6.08 Å². The van der Waals surface area contributed by atoms with Crippen molar-refractivity contribution in [2.75, 3.05) is 18.0 Å². The van der Waals surface area contributed by atoms with Gasteiger partial charge in [-0.25, -0.2) is 0 Å². The lowest BCUT2D eigenvalue weighted by Gasteiger charge is -2.40. The first kappa shape index (κ1) is 25.2. The monoisotopic (exact) mass is 485 g/mol.